The topological polar surface area (TPSA) is 62.7 Å². The second kappa shape index (κ2) is 12.2. The fourth-order valence-corrected chi connectivity index (χ4v) is 5.37. The van der Waals surface area contributed by atoms with E-state index in [2.05, 4.69) is 16.8 Å². The maximum atomic E-state index is 15.7. The number of ether oxygens (including phenoxy) is 1. The minimum absolute atomic E-state index is 0.0769. The summed E-state index contributed by atoms with van der Waals surface area (Å²) in [5.74, 6) is 1.36. The Morgan fingerprint density at radius 2 is 1.97 bits per heavy atom. The maximum absolute atomic E-state index is 15.7. The van der Waals surface area contributed by atoms with E-state index >= 15 is 4.39 Å². The third kappa shape index (κ3) is 6.81. The van der Waals surface area contributed by atoms with Crippen molar-refractivity contribution < 1.29 is 32.2 Å². The van der Waals surface area contributed by atoms with Crippen molar-refractivity contribution in [3.8, 4) is 17.6 Å². The van der Waals surface area contributed by atoms with E-state index in [1.807, 2.05) is 4.90 Å². The van der Waals surface area contributed by atoms with E-state index < -0.39 is 35.0 Å². The highest BCUT2D eigenvalue weighted by Crippen LogP contribution is 2.44. The fourth-order valence-electron chi connectivity index (χ4n) is 5.11. The minimum atomic E-state index is -1.44. The molecule has 0 saturated carbocycles. The third-order valence-electron chi connectivity index (χ3n) is 7.27. The van der Waals surface area contributed by atoms with Crippen LogP contribution in [0.5, 0.6) is 5.75 Å². The van der Waals surface area contributed by atoms with E-state index in [-0.39, 0.29) is 30.0 Å². The van der Waals surface area contributed by atoms with Gasteiger partial charge in [-0.15, -0.1) is 0 Å². The molecule has 5 nitrogen and oxygen atoms in total. The molecule has 2 heterocycles. The van der Waals surface area contributed by atoms with Crippen LogP contribution in [-0.4, -0.2) is 47.7 Å². The lowest BCUT2D eigenvalue weighted by molar-refractivity contribution is -0.141. The Labute approximate surface area is 228 Å². The largest absolute Gasteiger partial charge is 0.497 e. The highest BCUT2D eigenvalue weighted by molar-refractivity contribution is 6.32. The van der Waals surface area contributed by atoms with Crippen molar-refractivity contribution in [3.05, 3.63) is 70.1 Å². The first-order valence-corrected chi connectivity index (χ1v) is 12.8. The fraction of sp³-hybridized carbons (Fsp3) is 0.379. The van der Waals surface area contributed by atoms with Crippen LogP contribution in [0.15, 0.2) is 36.5 Å². The Balaban J connectivity index is 1.44. The number of methoxy groups -OCH3 is 1. The van der Waals surface area contributed by atoms with E-state index in [0.29, 0.717) is 60.6 Å². The molecule has 0 bridgehead atoms. The number of fused-ring (bicyclic) bond motifs is 1. The smallest absolute Gasteiger partial charge is 0.303 e. The lowest BCUT2D eigenvalue weighted by Crippen LogP contribution is -2.41. The summed E-state index contributed by atoms with van der Waals surface area (Å²) in [6, 6.07) is 6.43. The molecule has 0 unspecified atom stereocenters. The van der Waals surface area contributed by atoms with Gasteiger partial charge < -0.3 is 9.84 Å². The number of carboxylic acid groups (broad SMARTS) is 1. The van der Waals surface area contributed by atoms with E-state index in [4.69, 9.17) is 16.3 Å². The number of alkyl halides is 1. The standard InChI is InChI=1S/C29H27ClF4N2O3/c1-39-20-4-5-25-21(15-20)27(22(30)17-35-25)23(32)6-7-29(16-26(37)38)8-11-36(12-9-29)10-2-3-18-13-19(31)14-24(33)28(18)34/h4-5,13-15,17,23H,6-12,16H2,1H3,(H,37,38)/t23-/m1/s1. The Bertz CT molecular complexity index is 1430. The van der Waals surface area contributed by atoms with Crippen LogP contribution in [0, 0.1) is 34.7 Å². The molecule has 0 aliphatic carbocycles. The molecule has 1 aliphatic heterocycles. The van der Waals surface area contributed by atoms with Gasteiger partial charge in [-0.3, -0.25) is 14.7 Å². The van der Waals surface area contributed by atoms with Gasteiger partial charge >= 0.3 is 5.97 Å². The summed E-state index contributed by atoms with van der Waals surface area (Å²) in [7, 11) is 1.51. The van der Waals surface area contributed by atoms with Crippen molar-refractivity contribution in [3.63, 3.8) is 0 Å². The number of piperidine rings is 1. The van der Waals surface area contributed by atoms with Crippen LogP contribution >= 0.6 is 11.6 Å². The molecule has 0 radical (unpaired) electrons. The summed E-state index contributed by atoms with van der Waals surface area (Å²) in [6.07, 6.45) is 1.27. The molecule has 39 heavy (non-hydrogen) atoms. The Kier molecular flexibility index (Phi) is 8.98. The van der Waals surface area contributed by atoms with Gasteiger partial charge in [0.05, 0.1) is 36.2 Å². The average Bonchev–Trinajstić information content (AvgIpc) is 2.90. The zero-order valence-electron chi connectivity index (χ0n) is 21.2. The van der Waals surface area contributed by atoms with Gasteiger partial charge in [-0.2, -0.15) is 0 Å². The van der Waals surface area contributed by atoms with Crippen molar-refractivity contribution in [1.82, 2.24) is 9.88 Å². The molecule has 1 atom stereocenters. The van der Waals surface area contributed by atoms with E-state index in [9.17, 15) is 23.1 Å². The Morgan fingerprint density at radius 3 is 2.67 bits per heavy atom. The molecule has 4 rings (SSSR count). The summed E-state index contributed by atoms with van der Waals surface area (Å²) in [6.45, 7) is 1.21. The number of hydrogen-bond acceptors (Lipinski definition) is 4. The van der Waals surface area contributed by atoms with E-state index in [1.165, 1.54) is 13.3 Å². The van der Waals surface area contributed by atoms with Gasteiger partial charge in [-0.1, -0.05) is 23.4 Å². The van der Waals surface area contributed by atoms with Crippen molar-refractivity contribution in [2.45, 2.75) is 38.3 Å². The van der Waals surface area contributed by atoms with Gasteiger partial charge in [0.2, 0.25) is 0 Å². The molecule has 1 fully saturated rings. The molecule has 1 N–H and O–H groups in total. The number of aliphatic carboxylic acids is 1. The van der Waals surface area contributed by atoms with Crippen LogP contribution in [0.3, 0.4) is 0 Å². The second-order valence-electron chi connectivity index (χ2n) is 9.81. The lowest BCUT2D eigenvalue weighted by atomic mass is 9.71. The van der Waals surface area contributed by atoms with Gasteiger partial charge in [0, 0.05) is 23.2 Å². The van der Waals surface area contributed by atoms with E-state index in [1.54, 1.807) is 18.2 Å². The molecule has 1 aromatic heterocycles. The van der Waals surface area contributed by atoms with Crippen LogP contribution in [0.1, 0.15) is 49.4 Å². The molecule has 0 spiro atoms. The quantitative estimate of drug-likeness (QED) is 0.188. The number of rotatable bonds is 8. The number of nitrogens with zero attached hydrogens (tertiary/aromatic N) is 2. The Hall–Kier alpha value is -3.35. The summed E-state index contributed by atoms with van der Waals surface area (Å²) in [4.78, 5) is 17.9. The number of pyridine rings is 1. The predicted molar refractivity (Wildman–Crippen MR) is 140 cm³/mol. The molecule has 3 aromatic rings. The molecule has 206 valence electrons. The van der Waals surface area contributed by atoms with Crippen molar-refractivity contribution in [2.75, 3.05) is 26.7 Å². The van der Waals surface area contributed by atoms with Crippen LogP contribution in [0.4, 0.5) is 17.6 Å². The SMILES string of the molecule is COc1ccc2ncc(Cl)c([C@H](F)CCC3(CC(=O)O)CCN(CC#Cc4cc(F)cc(F)c4F)CC3)c2c1. The Morgan fingerprint density at radius 1 is 1.23 bits per heavy atom. The first kappa shape index (κ1) is 28.7. The van der Waals surface area contributed by atoms with Crippen LogP contribution in [0.25, 0.3) is 10.9 Å². The van der Waals surface area contributed by atoms with Crippen molar-refractivity contribution >= 4 is 28.5 Å². The molecular formula is C29H27ClF4N2O3. The average molecular weight is 563 g/mol. The number of aromatic nitrogens is 1. The summed E-state index contributed by atoms with van der Waals surface area (Å²) in [5, 5.41) is 10.3. The first-order valence-electron chi connectivity index (χ1n) is 12.4. The van der Waals surface area contributed by atoms with Gasteiger partial charge in [0.15, 0.2) is 11.6 Å². The van der Waals surface area contributed by atoms with Crippen molar-refractivity contribution in [2.24, 2.45) is 5.41 Å². The molecule has 2 aromatic carbocycles. The monoisotopic (exact) mass is 562 g/mol. The number of hydrogen-bond donors (Lipinski definition) is 1. The summed E-state index contributed by atoms with van der Waals surface area (Å²) < 4.78 is 61.6. The van der Waals surface area contributed by atoms with Crippen LogP contribution < -0.4 is 4.74 Å². The number of carbonyl (C=O) groups is 1. The van der Waals surface area contributed by atoms with Gasteiger partial charge in [0.1, 0.15) is 17.7 Å². The van der Waals surface area contributed by atoms with Gasteiger partial charge in [0.25, 0.3) is 0 Å². The zero-order valence-corrected chi connectivity index (χ0v) is 22.0. The molecule has 0 amide bonds. The molecule has 10 heteroatoms. The molecule has 1 aliphatic rings. The van der Waals surface area contributed by atoms with Gasteiger partial charge in [-0.25, -0.2) is 17.6 Å². The molecule has 1 saturated heterocycles. The number of benzene rings is 2. The van der Waals surface area contributed by atoms with Gasteiger partial charge in [-0.05, 0) is 68.5 Å². The number of halogens is 5. The zero-order chi connectivity index (χ0) is 28.2. The summed E-state index contributed by atoms with van der Waals surface area (Å²) >= 11 is 6.35. The maximum Gasteiger partial charge on any atom is 0.303 e. The normalized spacial score (nSPS) is 15.9. The van der Waals surface area contributed by atoms with Crippen LogP contribution in [-0.2, 0) is 4.79 Å². The second-order valence-corrected chi connectivity index (χ2v) is 10.2. The van der Waals surface area contributed by atoms with Crippen molar-refractivity contribution in [1.29, 1.82) is 0 Å². The number of likely N-dealkylation sites (tertiary alicyclic amines) is 1. The lowest BCUT2D eigenvalue weighted by Gasteiger charge is -2.41. The highest BCUT2D eigenvalue weighted by atomic mass is 35.5. The third-order valence-corrected chi connectivity index (χ3v) is 7.57. The van der Waals surface area contributed by atoms with E-state index in [0.717, 1.165) is 6.07 Å². The predicted octanol–water partition coefficient (Wildman–Crippen LogP) is 6.71. The first-order chi connectivity index (χ1) is 18.6. The highest BCUT2D eigenvalue weighted by Gasteiger charge is 2.37. The van der Waals surface area contributed by atoms with Crippen LogP contribution in [0.2, 0.25) is 5.02 Å². The number of carboxylic acids is 1. The molecular weight excluding hydrogens is 536 g/mol. The summed E-state index contributed by atoms with van der Waals surface area (Å²) in [5.41, 5.74) is -0.1000. The minimum Gasteiger partial charge on any atom is -0.497 e.